The van der Waals surface area contributed by atoms with Gasteiger partial charge in [-0.25, -0.2) is 4.98 Å². The van der Waals surface area contributed by atoms with Crippen LogP contribution in [0.15, 0.2) is 72.9 Å². The van der Waals surface area contributed by atoms with Crippen LogP contribution in [0.2, 0.25) is 0 Å². The lowest BCUT2D eigenvalue weighted by Gasteiger charge is -2.12. The summed E-state index contributed by atoms with van der Waals surface area (Å²) in [6.07, 6.45) is 34.7. The molecule has 0 spiro atoms. The lowest BCUT2D eigenvalue weighted by atomic mass is 10.0. The predicted octanol–water partition coefficient (Wildman–Crippen LogP) is 14.5. The molecular weight excluding hydrogens is 661 g/mol. The number of hydrogen-bond acceptors (Lipinski definition) is 6. The van der Waals surface area contributed by atoms with E-state index in [9.17, 15) is 0 Å². The molecule has 2 heterocycles. The Morgan fingerprint density at radius 1 is 0.407 bits per heavy atom. The summed E-state index contributed by atoms with van der Waals surface area (Å²) < 4.78 is 0. The van der Waals surface area contributed by atoms with Gasteiger partial charge < -0.3 is 10.6 Å². The first kappa shape index (κ1) is 42.9. The van der Waals surface area contributed by atoms with E-state index in [4.69, 9.17) is 10.1 Å². The van der Waals surface area contributed by atoms with E-state index in [2.05, 4.69) is 83.1 Å². The van der Waals surface area contributed by atoms with Gasteiger partial charge in [-0.3, -0.25) is 4.98 Å². The topological polar surface area (TPSA) is 75.6 Å². The first-order valence-corrected chi connectivity index (χ1v) is 22.1. The Kier molecular flexibility index (Phi) is 22.0. The van der Waals surface area contributed by atoms with Crippen LogP contribution < -0.4 is 10.6 Å². The summed E-state index contributed by atoms with van der Waals surface area (Å²) >= 11 is 0. The van der Waals surface area contributed by atoms with Crippen LogP contribution in [0.25, 0.3) is 34.0 Å². The van der Waals surface area contributed by atoms with Crippen LogP contribution in [0, 0.1) is 0 Å². The molecule has 0 bridgehead atoms. The molecule has 4 aromatic rings. The van der Waals surface area contributed by atoms with Crippen LogP contribution >= 0.6 is 0 Å². The second-order valence-corrected chi connectivity index (χ2v) is 15.3. The molecule has 0 radical (unpaired) electrons. The van der Waals surface area contributed by atoms with Crippen molar-refractivity contribution in [3.63, 3.8) is 0 Å². The van der Waals surface area contributed by atoms with Crippen molar-refractivity contribution in [2.45, 2.75) is 168 Å². The highest BCUT2D eigenvalue weighted by molar-refractivity contribution is 5.79. The molecule has 0 aliphatic carbocycles. The molecule has 0 unspecified atom stereocenters. The number of benzene rings is 2. The van der Waals surface area contributed by atoms with E-state index in [1.165, 1.54) is 154 Å². The van der Waals surface area contributed by atoms with Crippen molar-refractivity contribution in [3.05, 3.63) is 72.9 Å². The highest BCUT2D eigenvalue weighted by atomic mass is 15.2. The molecule has 2 N–H and O–H groups in total. The zero-order valence-corrected chi connectivity index (χ0v) is 34.1. The van der Waals surface area contributed by atoms with Crippen LogP contribution in [-0.2, 0) is 0 Å². The van der Waals surface area contributed by atoms with Gasteiger partial charge in [-0.1, -0.05) is 185 Å². The lowest BCUT2D eigenvalue weighted by molar-refractivity contribution is 0.546. The second-order valence-electron chi connectivity index (χ2n) is 15.3. The van der Waals surface area contributed by atoms with Gasteiger partial charge in [0.05, 0.1) is 0 Å². The quantitative estimate of drug-likeness (QED) is 0.0502. The largest absolute Gasteiger partial charge is 0.385 e. The third-order valence-electron chi connectivity index (χ3n) is 10.6. The van der Waals surface area contributed by atoms with Crippen LogP contribution in [-0.4, -0.2) is 33.3 Å². The Hall–Kier alpha value is -3.80. The monoisotopic (exact) mass is 733 g/mol. The van der Waals surface area contributed by atoms with E-state index in [1.54, 1.807) is 6.20 Å². The molecule has 0 aliphatic rings. The third kappa shape index (κ3) is 17.1. The molecule has 0 fully saturated rings. The van der Waals surface area contributed by atoms with Crippen molar-refractivity contribution >= 4 is 11.4 Å². The maximum absolute atomic E-state index is 5.02. The standard InChI is InChI=1S/C48H72N6/c1-3-5-7-9-11-13-15-17-19-21-23-26-38-49-43-34-30-41(31-35-43)46-47(53-54-48(52-46)45-29-25-28-40-51-45)42-32-36-44(37-33-42)50-39-27-24-22-20-18-16-14-12-10-8-6-4-2/h25,28-37,40,49-50H,3-24,26-27,38-39H2,1-2H3. The summed E-state index contributed by atoms with van der Waals surface area (Å²) in [7, 11) is 0. The van der Waals surface area contributed by atoms with Gasteiger partial charge in [0.1, 0.15) is 17.1 Å². The molecule has 4 rings (SSSR count). The van der Waals surface area contributed by atoms with E-state index in [-0.39, 0.29) is 0 Å². The summed E-state index contributed by atoms with van der Waals surface area (Å²) in [5.74, 6) is 0.532. The molecule has 2 aromatic heterocycles. The second kappa shape index (κ2) is 27.7. The van der Waals surface area contributed by atoms with Gasteiger partial charge >= 0.3 is 0 Å². The van der Waals surface area contributed by atoms with Crippen LogP contribution in [0.1, 0.15) is 168 Å². The average molecular weight is 733 g/mol. The van der Waals surface area contributed by atoms with Gasteiger partial charge in [0.25, 0.3) is 0 Å². The minimum absolute atomic E-state index is 0.532. The zero-order chi connectivity index (χ0) is 37.7. The highest BCUT2D eigenvalue weighted by Crippen LogP contribution is 2.31. The van der Waals surface area contributed by atoms with Crippen molar-refractivity contribution in [2.24, 2.45) is 0 Å². The Bertz CT molecular complexity index is 1490. The lowest BCUT2D eigenvalue weighted by Crippen LogP contribution is -2.03. The van der Waals surface area contributed by atoms with Crippen LogP contribution in [0.4, 0.5) is 11.4 Å². The third-order valence-corrected chi connectivity index (χ3v) is 10.6. The molecule has 0 saturated carbocycles. The molecule has 0 amide bonds. The molecule has 0 atom stereocenters. The summed E-state index contributed by atoms with van der Waals surface area (Å²) in [6, 6.07) is 23.0. The number of unbranched alkanes of at least 4 members (excludes halogenated alkanes) is 22. The Morgan fingerprint density at radius 2 is 0.815 bits per heavy atom. The molecule has 0 aliphatic heterocycles. The molecular formula is C48H72N6. The predicted molar refractivity (Wildman–Crippen MR) is 233 cm³/mol. The van der Waals surface area contributed by atoms with E-state index < -0.39 is 0 Å². The molecule has 54 heavy (non-hydrogen) atoms. The van der Waals surface area contributed by atoms with Crippen molar-refractivity contribution in [3.8, 4) is 34.0 Å². The Morgan fingerprint density at radius 3 is 1.22 bits per heavy atom. The fourth-order valence-corrected chi connectivity index (χ4v) is 7.21. The van der Waals surface area contributed by atoms with Gasteiger partial charge in [0, 0.05) is 41.8 Å². The van der Waals surface area contributed by atoms with Gasteiger partial charge in [-0.05, 0) is 49.2 Å². The number of hydrogen-bond donors (Lipinski definition) is 2. The minimum atomic E-state index is 0.532. The maximum atomic E-state index is 5.02. The maximum Gasteiger partial charge on any atom is 0.201 e. The molecule has 2 aromatic carbocycles. The first-order valence-electron chi connectivity index (χ1n) is 22.1. The summed E-state index contributed by atoms with van der Waals surface area (Å²) in [5, 5.41) is 16.5. The number of anilines is 2. The number of aromatic nitrogens is 4. The van der Waals surface area contributed by atoms with E-state index in [1.807, 2.05) is 18.2 Å². The average Bonchev–Trinajstić information content (AvgIpc) is 3.22. The molecule has 0 saturated heterocycles. The van der Waals surface area contributed by atoms with Crippen LogP contribution in [0.3, 0.4) is 0 Å². The summed E-state index contributed by atoms with van der Waals surface area (Å²) in [4.78, 5) is 9.51. The molecule has 6 heteroatoms. The zero-order valence-electron chi connectivity index (χ0n) is 34.1. The van der Waals surface area contributed by atoms with E-state index in [0.717, 1.165) is 52.7 Å². The van der Waals surface area contributed by atoms with E-state index in [0.29, 0.717) is 5.82 Å². The van der Waals surface area contributed by atoms with E-state index >= 15 is 0 Å². The van der Waals surface area contributed by atoms with Crippen molar-refractivity contribution in [1.82, 2.24) is 20.2 Å². The SMILES string of the molecule is CCCCCCCCCCCCCCNc1ccc(-c2nnc(-c3ccccn3)nc2-c2ccc(NCCCCCCCCCCCCCC)cc2)cc1. The number of nitrogens with zero attached hydrogens (tertiary/aromatic N) is 4. The summed E-state index contributed by atoms with van der Waals surface area (Å²) in [5.41, 5.74) is 6.60. The normalized spacial score (nSPS) is 11.2. The Labute approximate surface area is 329 Å². The van der Waals surface area contributed by atoms with Gasteiger partial charge in [0.15, 0.2) is 0 Å². The van der Waals surface area contributed by atoms with Crippen molar-refractivity contribution in [2.75, 3.05) is 23.7 Å². The number of pyridine rings is 1. The summed E-state index contributed by atoms with van der Waals surface area (Å²) in [6.45, 7) is 6.58. The molecule has 294 valence electrons. The highest BCUT2D eigenvalue weighted by Gasteiger charge is 2.15. The number of rotatable bonds is 31. The van der Waals surface area contributed by atoms with Crippen LogP contribution in [0.5, 0.6) is 0 Å². The first-order chi connectivity index (χ1) is 26.8. The fraction of sp³-hybridized carbons (Fsp3) is 0.583. The minimum Gasteiger partial charge on any atom is -0.385 e. The molecule has 6 nitrogen and oxygen atoms in total. The van der Waals surface area contributed by atoms with Gasteiger partial charge in [-0.15, -0.1) is 10.2 Å². The van der Waals surface area contributed by atoms with Crippen molar-refractivity contribution < 1.29 is 0 Å². The number of nitrogens with one attached hydrogen (secondary N) is 2. The Balaban J connectivity index is 1.22. The fourth-order valence-electron chi connectivity index (χ4n) is 7.21. The van der Waals surface area contributed by atoms with Gasteiger partial charge in [0.2, 0.25) is 5.82 Å². The van der Waals surface area contributed by atoms with Crippen molar-refractivity contribution in [1.29, 1.82) is 0 Å². The smallest absolute Gasteiger partial charge is 0.201 e. The van der Waals surface area contributed by atoms with Gasteiger partial charge in [-0.2, -0.15) is 0 Å².